The fourth-order valence-corrected chi connectivity index (χ4v) is 3.85. The zero-order valence-corrected chi connectivity index (χ0v) is 16.8. The molecule has 0 bridgehead atoms. The Morgan fingerprint density at radius 2 is 1.60 bits per heavy atom. The number of hydrogen-bond acceptors (Lipinski definition) is 3. The van der Waals surface area contributed by atoms with Gasteiger partial charge in [-0.15, -0.1) is 0 Å². The average molecular weight is 401 g/mol. The van der Waals surface area contributed by atoms with Crippen LogP contribution < -0.4 is 10.7 Å². The molecule has 0 unspecified atom stereocenters. The summed E-state index contributed by atoms with van der Waals surface area (Å²) in [5.74, 6) is 5.75. The summed E-state index contributed by atoms with van der Waals surface area (Å²) < 4.78 is 0. The minimum atomic E-state index is -0.881. The van der Waals surface area contributed by atoms with Crippen LogP contribution in [0, 0.1) is 17.8 Å². The third kappa shape index (κ3) is 3.92. The first kappa shape index (κ1) is 19.7. The van der Waals surface area contributed by atoms with Crippen LogP contribution in [0.5, 0.6) is 0 Å². The molecule has 0 aromatic heterocycles. The SMILES string of the molecule is CC1CCC2(CC1)NC(=O)N(NC(=O)c1ccc(C#Cc3ccccc3)cc1)C2=O. The van der Waals surface area contributed by atoms with Crippen LogP contribution in [0.2, 0.25) is 0 Å². The molecule has 0 radical (unpaired) electrons. The van der Waals surface area contributed by atoms with Gasteiger partial charge in [-0.3, -0.25) is 15.0 Å². The van der Waals surface area contributed by atoms with Gasteiger partial charge in [-0.1, -0.05) is 37.0 Å². The first-order valence-corrected chi connectivity index (χ1v) is 10.1. The molecule has 2 aromatic rings. The molecule has 6 heteroatoms. The summed E-state index contributed by atoms with van der Waals surface area (Å²) in [6.07, 6.45) is 2.94. The zero-order chi connectivity index (χ0) is 21.1. The second-order valence-corrected chi connectivity index (χ2v) is 7.97. The molecule has 6 nitrogen and oxygen atoms in total. The van der Waals surface area contributed by atoms with E-state index in [9.17, 15) is 14.4 Å². The Balaban J connectivity index is 1.42. The molecule has 2 fully saturated rings. The predicted octanol–water partition coefficient (Wildman–Crippen LogP) is 3.23. The van der Waals surface area contributed by atoms with Gasteiger partial charge in [0, 0.05) is 16.7 Å². The molecule has 1 saturated carbocycles. The van der Waals surface area contributed by atoms with Crippen molar-refractivity contribution in [1.29, 1.82) is 0 Å². The third-order valence-corrected chi connectivity index (χ3v) is 5.78. The third-order valence-electron chi connectivity index (χ3n) is 5.78. The average Bonchev–Trinajstić information content (AvgIpc) is 2.99. The molecule has 2 aliphatic rings. The van der Waals surface area contributed by atoms with Crippen molar-refractivity contribution in [3.8, 4) is 11.8 Å². The minimum Gasteiger partial charge on any atom is -0.322 e. The molecular weight excluding hydrogens is 378 g/mol. The number of carbonyl (C=O) groups is 3. The molecular formula is C24H23N3O3. The van der Waals surface area contributed by atoms with Crippen LogP contribution in [0.4, 0.5) is 4.79 Å². The highest BCUT2D eigenvalue weighted by atomic mass is 16.2. The highest BCUT2D eigenvalue weighted by Gasteiger charge is 2.52. The quantitative estimate of drug-likeness (QED) is 0.599. The number of hydrogen-bond donors (Lipinski definition) is 2. The Kier molecular flexibility index (Phi) is 5.28. The van der Waals surface area contributed by atoms with Crippen LogP contribution in [0.25, 0.3) is 0 Å². The Bertz CT molecular complexity index is 1030. The lowest BCUT2D eigenvalue weighted by atomic mass is 9.77. The number of hydrazine groups is 1. The standard InChI is InChI=1S/C24H23N3O3/c1-17-13-15-24(16-14-17)22(29)27(23(30)25-24)26-21(28)20-11-9-19(10-12-20)8-7-18-5-3-2-4-6-18/h2-6,9-12,17H,13-16H2,1H3,(H,25,30)(H,26,28). The maximum Gasteiger partial charge on any atom is 0.344 e. The molecule has 30 heavy (non-hydrogen) atoms. The summed E-state index contributed by atoms with van der Waals surface area (Å²) in [6.45, 7) is 2.14. The van der Waals surface area contributed by atoms with E-state index < -0.39 is 17.5 Å². The number of urea groups is 1. The van der Waals surface area contributed by atoms with E-state index in [2.05, 4.69) is 29.5 Å². The zero-order valence-electron chi connectivity index (χ0n) is 16.8. The van der Waals surface area contributed by atoms with Gasteiger partial charge in [0.2, 0.25) is 0 Å². The van der Waals surface area contributed by atoms with E-state index in [1.54, 1.807) is 24.3 Å². The number of amides is 4. The lowest BCUT2D eigenvalue weighted by molar-refractivity contribution is -0.134. The van der Waals surface area contributed by atoms with Gasteiger partial charge in [0.15, 0.2) is 0 Å². The van der Waals surface area contributed by atoms with Crippen LogP contribution >= 0.6 is 0 Å². The van der Waals surface area contributed by atoms with Crippen molar-refractivity contribution in [2.45, 2.75) is 38.1 Å². The maximum absolute atomic E-state index is 12.8. The summed E-state index contributed by atoms with van der Waals surface area (Å²) in [5, 5.41) is 3.61. The number of benzene rings is 2. The van der Waals surface area contributed by atoms with E-state index in [0.29, 0.717) is 24.3 Å². The highest BCUT2D eigenvalue weighted by molar-refractivity contribution is 6.09. The van der Waals surface area contributed by atoms with Gasteiger partial charge < -0.3 is 5.32 Å². The molecule has 1 heterocycles. The van der Waals surface area contributed by atoms with Gasteiger partial charge in [0.1, 0.15) is 5.54 Å². The Morgan fingerprint density at radius 3 is 2.23 bits per heavy atom. The summed E-state index contributed by atoms with van der Waals surface area (Å²) in [5.41, 5.74) is 3.59. The fraction of sp³-hybridized carbons (Fsp3) is 0.292. The smallest absolute Gasteiger partial charge is 0.322 e. The second-order valence-electron chi connectivity index (χ2n) is 7.97. The molecule has 2 N–H and O–H groups in total. The summed E-state index contributed by atoms with van der Waals surface area (Å²) in [6, 6.07) is 15.8. The summed E-state index contributed by atoms with van der Waals surface area (Å²) in [4.78, 5) is 37.8. The van der Waals surface area contributed by atoms with Crippen molar-refractivity contribution in [3.05, 3.63) is 71.3 Å². The van der Waals surface area contributed by atoms with Crippen molar-refractivity contribution in [3.63, 3.8) is 0 Å². The van der Waals surface area contributed by atoms with Gasteiger partial charge in [0.05, 0.1) is 0 Å². The molecule has 1 saturated heterocycles. The van der Waals surface area contributed by atoms with E-state index in [0.717, 1.165) is 29.0 Å². The van der Waals surface area contributed by atoms with Gasteiger partial charge in [-0.05, 0) is 68.0 Å². The second kappa shape index (κ2) is 8.03. The summed E-state index contributed by atoms with van der Waals surface area (Å²) in [7, 11) is 0. The Hall–Kier alpha value is -3.59. The predicted molar refractivity (Wildman–Crippen MR) is 112 cm³/mol. The number of nitrogens with one attached hydrogen (secondary N) is 2. The number of nitrogens with zero attached hydrogens (tertiary/aromatic N) is 1. The molecule has 4 amide bonds. The first-order valence-electron chi connectivity index (χ1n) is 10.1. The van der Waals surface area contributed by atoms with Crippen LogP contribution in [-0.4, -0.2) is 28.4 Å². The monoisotopic (exact) mass is 401 g/mol. The summed E-state index contributed by atoms with van der Waals surface area (Å²) >= 11 is 0. The van der Waals surface area contributed by atoms with Crippen molar-refractivity contribution in [2.24, 2.45) is 5.92 Å². The van der Waals surface area contributed by atoms with Crippen molar-refractivity contribution in [2.75, 3.05) is 0 Å². The van der Waals surface area contributed by atoms with Crippen molar-refractivity contribution >= 4 is 17.8 Å². The van der Waals surface area contributed by atoms with Crippen molar-refractivity contribution in [1.82, 2.24) is 15.8 Å². The molecule has 0 atom stereocenters. The van der Waals surface area contributed by atoms with Crippen LogP contribution in [-0.2, 0) is 4.79 Å². The van der Waals surface area contributed by atoms with Gasteiger partial charge in [-0.2, -0.15) is 5.01 Å². The lowest BCUT2D eigenvalue weighted by Gasteiger charge is -2.33. The van der Waals surface area contributed by atoms with E-state index in [-0.39, 0.29) is 5.91 Å². The molecule has 1 aliphatic heterocycles. The Morgan fingerprint density at radius 1 is 1.00 bits per heavy atom. The normalized spacial score (nSPS) is 23.0. The fourth-order valence-electron chi connectivity index (χ4n) is 3.85. The van der Waals surface area contributed by atoms with E-state index in [1.807, 2.05) is 30.3 Å². The topological polar surface area (TPSA) is 78.5 Å². The Labute approximate surface area is 175 Å². The number of rotatable bonds is 2. The first-order chi connectivity index (χ1) is 14.5. The molecule has 2 aromatic carbocycles. The van der Waals surface area contributed by atoms with Crippen LogP contribution in [0.1, 0.15) is 54.1 Å². The number of imide groups is 1. The van der Waals surface area contributed by atoms with E-state index >= 15 is 0 Å². The van der Waals surface area contributed by atoms with Gasteiger partial charge >= 0.3 is 6.03 Å². The van der Waals surface area contributed by atoms with Crippen LogP contribution in [0.3, 0.4) is 0 Å². The largest absolute Gasteiger partial charge is 0.344 e. The highest BCUT2D eigenvalue weighted by Crippen LogP contribution is 2.35. The number of carbonyl (C=O) groups excluding carboxylic acids is 3. The molecule has 1 aliphatic carbocycles. The molecule has 1 spiro atoms. The molecule has 4 rings (SSSR count). The van der Waals surface area contributed by atoms with Crippen molar-refractivity contribution < 1.29 is 14.4 Å². The van der Waals surface area contributed by atoms with E-state index in [1.165, 1.54) is 0 Å². The maximum atomic E-state index is 12.8. The van der Waals surface area contributed by atoms with Crippen LogP contribution in [0.15, 0.2) is 54.6 Å². The van der Waals surface area contributed by atoms with E-state index in [4.69, 9.17) is 0 Å². The molecule has 152 valence electrons. The minimum absolute atomic E-state index is 0.346. The lowest BCUT2D eigenvalue weighted by Crippen LogP contribution is -2.51. The van der Waals surface area contributed by atoms with Gasteiger partial charge in [0.25, 0.3) is 11.8 Å². The van der Waals surface area contributed by atoms with Gasteiger partial charge in [-0.25, -0.2) is 4.79 Å².